The molecular formula is C15H11BrClN3O. The molecule has 1 aromatic heterocycles. The number of fused-ring (bicyclic) bond motifs is 1. The summed E-state index contributed by atoms with van der Waals surface area (Å²) in [6.07, 6.45) is 0. The fourth-order valence-corrected chi connectivity index (χ4v) is 2.52. The Bertz CT molecular complexity index is 810. The van der Waals surface area contributed by atoms with Gasteiger partial charge in [-0.25, -0.2) is 4.98 Å². The van der Waals surface area contributed by atoms with Gasteiger partial charge in [-0.15, -0.1) is 0 Å². The van der Waals surface area contributed by atoms with Gasteiger partial charge in [0, 0.05) is 15.9 Å². The van der Waals surface area contributed by atoms with Gasteiger partial charge >= 0.3 is 0 Å². The van der Waals surface area contributed by atoms with Crippen LogP contribution in [0.25, 0.3) is 10.9 Å². The molecule has 0 amide bonds. The molecule has 0 aliphatic heterocycles. The summed E-state index contributed by atoms with van der Waals surface area (Å²) >= 11 is 9.50. The molecular weight excluding hydrogens is 354 g/mol. The van der Waals surface area contributed by atoms with Crippen LogP contribution in [0.3, 0.4) is 0 Å². The van der Waals surface area contributed by atoms with Crippen LogP contribution in [0.15, 0.2) is 46.9 Å². The molecule has 106 valence electrons. The number of nitrogens with one attached hydrogen (secondary N) is 1. The number of ether oxygens (including phenoxy) is 1. The van der Waals surface area contributed by atoms with Gasteiger partial charge in [-0.2, -0.15) is 4.98 Å². The molecule has 4 nitrogen and oxygen atoms in total. The van der Waals surface area contributed by atoms with Gasteiger partial charge in [-0.05, 0) is 51.8 Å². The van der Waals surface area contributed by atoms with Crippen LogP contribution in [-0.2, 0) is 0 Å². The molecule has 21 heavy (non-hydrogen) atoms. The number of hydrogen-bond donors (Lipinski definition) is 1. The number of aromatic nitrogens is 2. The minimum Gasteiger partial charge on any atom is -0.497 e. The molecule has 0 radical (unpaired) electrons. The predicted octanol–water partition coefficient (Wildman–Crippen LogP) is 4.80. The van der Waals surface area contributed by atoms with E-state index in [2.05, 4.69) is 31.2 Å². The van der Waals surface area contributed by atoms with E-state index in [0.717, 1.165) is 26.8 Å². The third-order valence-corrected chi connectivity index (χ3v) is 3.86. The van der Waals surface area contributed by atoms with E-state index in [0.29, 0.717) is 5.82 Å². The molecule has 0 atom stereocenters. The Hall–Kier alpha value is -1.85. The van der Waals surface area contributed by atoms with Crippen LogP contribution in [-0.4, -0.2) is 17.1 Å². The lowest BCUT2D eigenvalue weighted by atomic mass is 10.2. The molecule has 0 saturated carbocycles. The van der Waals surface area contributed by atoms with Gasteiger partial charge in [0.2, 0.25) is 5.28 Å². The normalized spacial score (nSPS) is 10.6. The Morgan fingerprint density at radius 3 is 2.76 bits per heavy atom. The fraction of sp³-hybridized carbons (Fsp3) is 0.0667. The van der Waals surface area contributed by atoms with Crippen molar-refractivity contribution in [3.05, 3.63) is 52.2 Å². The van der Waals surface area contributed by atoms with Crippen molar-refractivity contribution in [1.29, 1.82) is 0 Å². The zero-order valence-electron chi connectivity index (χ0n) is 11.1. The summed E-state index contributed by atoms with van der Waals surface area (Å²) in [6, 6.07) is 13.4. The number of rotatable bonds is 3. The lowest BCUT2D eigenvalue weighted by molar-refractivity contribution is 0.415. The number of benzene rings is 2. The largest absolute Gasteiger partial charge is 0.497 e. The van der Waals surface area contributed by atoms with Gasteiger partial charge in [0.05, 0.1) is 18.3 Å². The summed E-state index contributed by atoms with van der Waals surface area (Å²) in [4.78, 5) is 8.49. The lowest BCUT2D eigenvalue weighted by Crippen LogP contribution is -1.98. The molecule has 3 aromatic rings. The molecule has 6 heteroatoms. The highest BCUT2D eigenvalue weighted by molar-refractivity contribution is 9.10. The summed E-state index contributed by atoms with van der Waals surface area (Å²) in [6.45, 7) is 0. The van der Waals surface area contributed by atoms with E-state index in [-0.39, 0.29) is 5.28 Å². The fourth-order valence-electron chi connectivity index (χ4n) is 2.00. The highest BCUT2D eigenvalue weighted by Gasteiger charge is 2.09. The number of methoxy groups -OCH3 is 1. The molecule has 1 heterocycles. The van der Waals surface area contributed by atoms with Gasteiger partial charge in [-0.3, -0.25) is 0 Å². The average molecular weight is 365 g/mol. The Morgan fingerprint density at radius 2 is 1.95 bits per heavy atom. The lowest BCUT2D eigenvalue weighted by Gasteiger charge is -2.11. The third kappa shape index (κ3) is 2.94. The topological polar surface area (TPSA) is 47.0 Å². The first-order chi connectivity index (χ1) is 10.2. The summed E-state index contributed by atoms with van der Waals surface area (Å²) in [7, 11) is 1.63. The molecule has 0 fully saturated rings. The maximum Gasteiger partial charge on any atom is 0.224 e. The summed E-state index contributed by atoms with van der Waals surface area (Å²) in [5, 5.41) is 4.37. The van der Waals surface area contributed by atoms with E-state index >= 15 is 0 Å². The van der Waals surface area contributed by atoms with Crippen molar-refractivity contribution in [3.8, 4) is 5.75 Å². The van der Waals surface area contributed by atoms with Crippen molar-refractivity contribution in [1.82, 2.24) is 9.97 Å². The predicted molar refractivity (Wildman–Crippen MR) is 88.5 cm³/mol. The summed E-state index contributed by atoms with van der Waals surface area (Å²) in [5.74, 6) is 1.41. The number of para-hydroxylation sites is 1. The van der Waals surface area contributed by atoms with E-state index in [1.54, 1.807) is 7.11 Å². The van der Waals surface area contributed by atoms with Crippen molar-refractivity contribution in [2.24, 2.45) is 0 Å². The van der Waals surface area contributed by atoms with E-state index in [4.69, 9.17) is 16.3 Å². The van der Waals surface area contributed by atoms with Crippen molar-refractivity contribution >= 4 is 49.9 Å². The Morgan fingerprint density at radius 1 is 1.14 bits per heavy atom. The molecule has 3 rings (SSSR count). The van der Waals surface area contributed by atoms with Gasteiger partial charge in [0.15, 0.2) is 0 Å². The molecule has 1 N–H and O–H groups in total. The monoisotopic (exact) mass is 363 g/mol. The van der Waals surface area contributed by atoms with Gasteiger partial charge < -0.3 is 10.1 Å². The van der Waals surface area contributed by atoms with E-state index in [1.165, 1.54) is 0 Å². The molecule has 0 unspecified atom stereocenters. The second-order valence-electron chi connectivity index (χ2n) is 4.33. The maximum atomic E-state index is 5.99. The second-order valence-corrected chi connectivity index (χ2v) is 5.52. The molecule has 0 spiro atoms. The Kier molecular flexibility index (Phi) is 3.94. The second kappa shape index (κ2) is 5.87. The number of halogens is 2. The van der Waals surface area contributed by atoms with Gasteiger partial charge in [0.1, 0.15) is 11.6 Å². The first kappa shape index (κ1) is 14.1. The van der Waals surface area contributed by atoms with Crippen molar-refractivity contribution in [3.63, 3.8) is 0 Å². The van der Waals surface area contributed by atoms with Crippen LogP contribution in [0.1, 0.15) is 0 Å². The van der Waals surface area contributed by atoms with Crippen molar-refractivity contribution in [2.45, 2.75) is 0 Å². The molecule has 0 aliphatic carbocycles. The summed E-state index contributed by atoms with van der Waals surface area (Å²) in [5.41, 5.74) is 1.63. The maximum absolute atomic E-state index is 5.99. The summed E-state index contributed by atoms with van der Waals surface area (Å²) < 4.78 is 6.14. The molecule has 0 saturated heterocycles. The third-order valence-electron chi connectivity index (χ3n) is 3.00. The highest BCUT2D eigenvalue weighted by atomic mass is 79.9. The standard InChI is InChI=1S/C15H11BrClN3O/c1-21-9-6-7-11(16)13(8-9)18-14-10-4-2-3-5-12(10)19-15(17)20-14/h2-8H,1H3,(H,18,19,20). The minimum atomic E-state index is 0.204. The average Bonchev–Trinajstić information content (AvgIpc) is 2.49. The minimum absolute atomic E-state index is 0.204. The quantitative estimate of drug-likeness (QED) is 0.678. The smallest absolute Gasteiger partial charge is 0.224 e. The van der Waals surface area contributed by atoms with E-state index < -0.39 is 0 Å². The van der Waals surface area contributed by atoms with Crippen LogP contribution in [0.2, 0.25) is 5.28 Å². The van der Waals surface area contributed by atoms with Crippen LogP contribution < -0.4 is 10.1 Å². The number of anilines is 2. The Balaban J connectivity index is 2.09. The van der Waals surface area contributed by atoms with Gasteiger partial charge in [0.25, 0.3) is 0 Å². The zero-order valence-corrected chi connectivity index (χ0v) is 13.4. The SMILES string of the molecule is COc1ccc(Br)c(Nc2nc(Cl)nc3ccccc23)c1. The zero-order chi connectivity index (χ0) is 14.8. The Labute approximate surface area is 135 Å². The van der Waals surface area contributed by atoms with Crippen LogP contribution in [0.5, 0.6) is 5.75 Å². The first-order valence-corrected chi connectivity index (χ1v) is 7.37. The molecule has 0 aliphatic rings. The first-order valence-electron chi connectivity index (χ1n) is 6.20. The van der Waals surface area contributed by atoms with Crippen molar-refractivity contribution < 1.29 is 4.74 Å². The highest BCUT2D eigenvalue weighted by Crippen LogP contribution is 2.31. The van der Waals surface area contributed by atoms with Gasteiger partial charge in [-0.1, -0.05) is 12.1 Å². The van der Waals surface area contributed by atoms with Crippen LogP contribution in [0.4, 0.5) is 11.5 Å². The van der Waals surface area contributed by atoms with E-state index in [9.17, 15) is 0 Å². The van der Waals surface area contributed by atoms with E-state index in [1.807, 2.05) is 42.5 Å². The molecule has 2 aromatic carbocycles. The van der Waals surface area contributed by atoms with Crippen molar-refractivity contribution in [2.75, 3.05) is 12.4 Å². The van der Waals surface area contributed by atoms with Crippen LogP contribution in [0, 0.1) is 0 Å². The number of nitrogens with zero attached hydrogens (tertiary/aromatic N) is 2. The number of hydrogen-bond acceptors (Lipinski definition) is 4. The molecule has 0 bridgehead atoms. The van der Waals surface area contributed by atoms with Crippen LogP contribution >= 0.6 is 27.5 Å².